The second-order valence-corrected chi connectivity index (χ2v) is 11.0. The molecule has 1 aliphatic heterocycles. The molecule has 34 heavy (non-hydrogen) atoms. The second-order valence-electron chi connectivity index (χ2n) is 10.1. The lowest BCUT2D eigenvalue weighted by atomic mass is 9.95. The molecular formula is C27H35NO5S. The fraction of sp³-hybridized carbons (Fsp3) is 0.519. The lowest BCUT2D eigenvalue weighted by molar-refractivity contribution is -0.139. The molecule has 2 aromatic rings. The molecule has 0 radical (unpaired) electrons. The molecule has 2 aliphatic rings. The van der Waals surface area contributed by atoms with Crippen molar-refractivity contribution in [3.8, 4) is 5.75 Å². The summed E-state index contributed by atoms with van der Waals surface area (Å²) in [7, 11) is 0. The van der Waals surface area contributed by atoms with Crippen LogP contribution in [0.4, 0.5) is 0 Å². The van der Waals surface area contributed by atoms with Gasteiger partial charge in [0.05, 0.1) is 18.8 Å². The van der Waals surface area contributed by atoms with Crippen LogP contribution in [0.1, 0.15) is 55.0 Å². The van der Waals surface area contributed by atoms with Gasteiger partial charge in [0.15, 0.2) is 0 Å². The van der Waals surface area contributed by atoms with Crippen molar-refractivity contribution >= 4 is 17.7 Å². The highest BCUT2D eigenvalue weighted by Gasteiger charge is 2.64. The van der Waals surface area contributed by atoms with Crippen LogP contribution in [0.3, 0.4) is 0 Å². The summed E-state index contributed by atoms with van der Waals surface area (Å²) in [5.74, 6) is 1.30. The molecular weight excluding hydrogens is 450 g/mol. The molecule has 1 fully saturated rings. The van der Waals surface area contributed by atoms with E-state index in [4.69, 9.17) is 9.47 Å². The third kappa shape index (κ3) is 5.60. The first-order valence-electron chi connectivity index (χ1n) is 11.9. The zero-order valence-electron chi connectivity index (χ0n) is 20.3. The van der Waals surface area contributed by atoms with Crippen LogP contribution in [-0.4, -0.2) is 52.8 Å². The minimum atomic E-state index is -0.812. The molecule has 0 spiro atoms. The van der Waals surface area contributed by atoms with Crippen molar-refractivity contribution in [1.82, 2.24) is 5.32 Å². The number of fused-ring (bicyclic) bond motifs is 3. The predicted octanol–water partition coefficient (Wildman–Crippen LogP) is 4.29. The molecule has 6 nitrogen and oxygen atoms in total. The van der Waals surface area contributed by atoms with Gasteiger partial charge >= 0.3 is 5.97 Å². The van der Waals surface area contributed by atoms with Crippen LogP contribution in [0, 0.1) is 12.8 Å². The van der Waals surface area contributed by atoms with E-state index in [1.165, 1.54) is 5.56 Å². The average molecular weight is 486 g/mol. The van der Waals surface area contributed by atoms with E-state index in [-0.39, 0.29) is 30.3 Å². The minimum Gasteiger partial charge on any atom is -0.488 e. The number of aliphatic hydroxyl groups excluding tert-OH is 1. The van der Waals surface area contributed by atoms with E-state index in [1.807, 2.05) is 43.8 Å². The maximum atomic E-state index is 11.5. The summed E-state index contributed by atoms with van der Waals surface area (Å²) in [6, 6.07) is 14.4. The molecule has 1 aliphatic carbocycles. The molecule has 4 rings (SSSR count). The van der Waals surface area contributed by atoms with Crippen LogP contribution in [0.25, 0.3) is 0 Å². The molecule has 184 valence electrons. The van der Waals surface area contributed by atoms with Gasteiger partial charge in [-0.2, -0.15) is 11.8 Å². The van der Waals surface area contributed by atoms with E-state index >= 15 is 0 Å². The molecule has 0 amide bonds. The number of aliphatic carboxylic acids is 1. The number of benzene rings is 2. The first kappa shape index (κ1) is 25.0. The van der Waals surface area contributed by atoms with Gasteiger partial charge in [-0.25, -0.2) is 0 Å². The molecule has 3 N–H and O–H groups in total. The smallest absolute Gasteiger partial charge is 0.311 e. The highest BCUT2D eigenvalue weighted by atomic mass is 32.2. The molecule has 7 heteroatoms. The Bertz CT molecular complexity index is 1010. The van der Waals surface area contributed by atoms with Crippen LogP contribution < -0.4 is 10.1 Å². The first-order chi connectivity index (χ1) is 16.2. The van der Waals surface area contributed by atoms with Crippen LogP contribution >= 0.6 is 11.8 Å². The highest BCUT2D eigenvalue weighted by Crippen LogP contribution is 2.61. The van der Waals surface area contributed by atoms with Crippen LogP contribution in [0.2, 0.25) is 0 Å². The van der Waals surface area contributed by atoms with Crippen LogP contribution in [0.15, 0.2) is 42.5 Å². The maximum absolute atomic E-state index is 11.5. The summed E-state index contributed by atoms with van der Waals surface area (Å²) in [4.78, 5) is 11.5. The Balaban J connectivity index is 1.25. The fourth-order valence-corrected chi connectivity index (χ4v) is 5.77. The van der Waals surface area contributed by atoms with Crippen molar-refractivity contribution in [2.24, 2.45) is 5.92 Å². The summed E-state index contributed by atoms with van der Waals surface area (Å²) in [6.07, 6.45) is -1.18. The lowest BCUT2D eigenvalue weighted by Crippen LogP contribution is -2.46. The zero-order valence-corrected chi connectivity index (χ0v) is 21.1. The van der Waals surface area contributed by atoms with Crippen LogP contribution in [-0.2, 0) is 15.3 Å². The van der Waals surface area contributed by atoms with Gasteiger partial charge in [-0.05, 0) is 44.4 Å². The number of hydrogen-bond donors (Lipinski definition) is 3. The monoisotopic (exact) mass is 485 g/mol. The number of aryl methyl sites for hydroxylation is 1. The number of carboxylic acid groups (broad SMARTS) is 1. The van der Waals surface area contributed by atoms with Gasteiger partial charge in [0.1, 0.15) is 17.8 Å². The largest absolute Gasteiger partial charge is 0.488 e. The number of carbonyl (C=O) groups is 1. The number of hydrogen-bond acceptors (Lipinski definition) is 6. The Kier molecular flexibility index (Phi) is 7.57. The summed E-state index contributed by atoms with van der Waals surface area (Å²) in [5.41, 5.74) is 4.13. The Labute approximate surface area is 206 Å². The van der Waals surface area contributed by atoms with E-state index in [1.54, 1.807) is 0 Å². The topological polar surface area (TPSA) is 88.0 Å². The van der Waals surface area contributed by atoms with Crippen molar-refractivity contribution in [3.05, 3.63) is 64.7 Å². The van der Waals surface area contributed by atoms with Crippen molar-refractivity contribution in [2.45, 2.75) is 63.2 Å². The maximum Gasteiger partial charge on any atom is 0.311 e. The quantitative estimate of drug-likeness (QED) is 0.413. The average Bonchev–Trinajstić information content (AvgIpc) is 3.39. The van der Waals surface area contributed by atoms with E-state index < -0.39 is 18.0 Å². The first-order valence-corrected chi connectivity index (χ1v) is 13.0. The Morgan fingerprint density at radius 3 is 2.68 bits per heavy atom. The Hall–Kier alpha value is -2.06. The Morgan fingerprint density at radius 1 is 1.24 bits per heavy atom. The molecule has 0 aromatic heterocycles. The van der Waals surface area contributed by atoms with Gasteiger partial charge in [-0.15, -0.1) is 0 Å². The number of carboxylic acids is 1. The van der Waals surface area contributed by atoms with Crippen molar-refractivity contribution in [2.75, 3.05) is 18.9 Å². The lowest BCUT2D eigenvalue weighted by Gasteiger charge is -2.28. The Morgan fingerprint density at radius 2 is 1.97 bits per heavy atom. The number of nitrogens with one attached hydrogen (secondary N) is 1. The second kappa shape index (κ2) is 10.3. The van der Waals surface area contributed by atoms with Gasteiger partial charge < -0.3 is 25.0 Å². The van der Waals surface area contributed by atoms with E-state index in [2.05, 4.69) is 43.4 Å². The summed E-state index contributed by atoms with van der Waals surface area (Å²) in [5, 5.41) is 23.4. The molecule has 0 saturated heterocycles. The van der Waals surface area contributed by atoms with Gasteiger partial charge in [0.25, 0.3) is 0 Å². The number of thioether (sulfide) groups is 1. The van der Waals surface area contributed by atoms with Gasteiger partial charge in [-0.1, -0.05) is 42.5 Å². The fourth-order valence-electron chi connectivity index (χ4n) is 4.63. The van der Waals surface area contributed by atoms with E-state index in [9.17, 15) is 15.0 Å². The molecule has 1 heterocycles. The molecule has 0 bridgehead atoms. The van der Waals surface area contributed by atoms with Crippen molar-refractivity contribution in [1.29, 1.82) is 0 Å². The SMILES string of the molecule is Cc1ccc([C@@H](C)OC[C@H](O)CNC(C)(C)CSCc2ccccc2)c2c1O[C@@H]1[C@@H](C(=O)O)[C@H]21. The molecule has 5 atom stereocenters. The van der Waals surface area contributed by atoms with E-state index in [0.717, 1.165) is 33.9 Å². The standard InChI is InChI=1S/C27H35NO5S/c1-16-10-11-20(21-22-23(26(30)31)25(22)33-24(16)21)17(2)32-13-19(29)12-28-27(3,4)15-34-14-18-8-6-5-7-9-18/h5-11,17,19,22-23,25,28-29H,12-15H2,1-4H3,(H,30,31)/t17-,19-,22+,23+,25+/m1/s1. The number of aliphatic hydroxyl groups is 1. The third-order valence-corrected chi connectivity index (χ3v) is 8.08. The summed E-state index contributed by atoms with van der Waals surface area (Å²) >= 11 is 1.87. The molecule has 2 aromatic carbocycles. The van der Waals surface area contributed by atoms with Gasteiger partial charge in [0, 0.05) is 35.1 Å². The van der Waals surface area contributed by atoms with Crippen molar-refractivity contribution in [3.63, 3.8) is 0 Å². The molecule has 1 saturated carbocycles. The number of ether oxygens (including phenoxy) is 2. The van der Waals surface area contributed by atoms with E-state index in [0.29, 0.717) is 6.54 Å². The molecule has 0 unspecified atom stereocenters. The summed E-state index contributed by atoms with van der Waals surface area (Å²) in [6.45, 7) is 8.84. The van der Waals surface area contributed by atoms with Crippen LogP contribution in [0.5, 0.6) is 5.75 Å². The van der Waals surface area contributed by atoms with Gasteiger partial charge in [0.2, 0.25) is 0 Å². The highest BCUT2D eigenvalue weighted by molar-refractivity contribution is 7.98. The van der Waals surface area contributed by atoms with Crippen molar-refractivity contribution < 1.29 is 24.5 Å². The van der Waals surface area contributed by atoms with Gasteiger partial charge in [-0.3, -0.25) is 4.79 Å². The normalized spacial score (nSPS) is 22.4. The number of β-amino-alcohol motifs (C(OH)–C–C–N with tert-alkyl or cyclic N) is 1. The zero-order chi connectivity index (χ0) is 24.5. The third-order valence-electron chi connectivity index (χ3n) is 6.62. The minimum absolute atomic E-state index is 0.103. The summed E-state index contributed by atoms with van der Waals surface area (Å²) < 4.78 is 12.0. The predicted molar refractivity (Wildman–Crippen MR) is 135 cm³/mol. The number of rotatable bonds is 12.